The van der Waals surface area contributed by atoms with E-state index in [-0.39, 0.29) is 5.41 Å². The predicted molar refractivity (Wildman–Crippen MR) is 64.9 cm³/mol. The quantitative estimate of drug-likeness (QED) is 0.794. The normalized spacial score (nSPS) is 28.2. The molecule has 3 nitrogen and oxygen atoms in total. The summed E-state index contributed by atoms with van der Waals surface area (Å²) in [6, 6.07) is 0.455. The third-order valence-corrected chi connectivity index (χ3v) is 4.48. The molecule has 2 N–H and O–H groups in total. The summed E-state index contributed by atoms with van der Waals surface area (Å²) >= 11 is 0. The summed E-state index contributed by atoms with van der Waals surface area (Å²) in [4.78, 5) is 14.7. The lowest BCUT2D eigenvalue weighted by atomic mass is 9.67. The van der Waals surface area contributed by atoms with Crippen LogP contribution in [0, 0.1) is 11.3 Å². The maximum absolute atomic E-state index is 12.5. The van der Waals surface area contributed by atoms with Gasteiger partial charge in [0.25, 0.3) is 0 Å². The Hall–Kier alpha value is -0.570. The standard InChI is InChI=1S/C13H24N2O/c1-10(2)11-5-3-8-15(11)12(16)13(9-14)6-4-7-13/h10-11H,3-9,14H2,1-2H3. The number of rotatable bonds is 3. The second-order valence-corrected chi connectivity index (χ2v) is 5.79. The van der Waals surface area contributed by atoms with Crippen LogP contribution >= 0.6 is 0 Å². The van der Waals surface area contributed by atoms with Gasteiger partial charge in [0, 0.05) is 19.1 Å². The Balaban J connectivity index is 2.09. The fourth-order valence-electron chi connectivity index (χ4n) is 3.15. The highest BCUT2D eigenvalue weighted by Gasteiger charge is 2.47. The highest BCUT2D eigenvalue weighted by Crippen LogP contribution is 2.43. The van der Waals surface area contributed by atoms with Crippen LogP contribution in [0.5, 0.6) is 0 Å². The van der Waals surface area contributed by atoms with Crippen LogP contribution < -0.4 is 5.73 Å². The van der Waals surface area contributed by atoms with Crippen molar-refractivity contribution in [2.45, 2.75) is 52.0 Å². The van der Waals surface area contributed by atoms with Gasteiger partial charge in [-0.15, -0.1) is 0 Å². The molecule has 1 amide bonds. The van der Waals surface area contributed by atoms with Crippen molar-refractivity contribution in [3.63, 3.8) is 0 Å². The average Bonchev–Trinajstić information content (AvgIpc) is 2.64. The first-order chi connectivity index (χ1) is 7.60. The van der Waals surface area contributed by atoms with E-state index in [1.807, 2.05) is 0 Å². The van der Waals surface area contributed by atoms with Crippen LogP contribution in [0.2, 0.25) is 0 Å². The van der Waals surface area contributed by atoms with E-state index in [1.165, 1.54) is 12.8 Å². The van der Waals surface area contributed by atoms with Gasteiger partial charge in [-0.3, -0.25) is 4.79 Å². The second-order valence-electron chi connectivity index (χ2n) is 5.79. The molecule has 3 heteroatoms. The largest absolute Gasteiger partial charge is 0.339 e. The van der Waals surface area contributed by atoms with Crippen LogP contribution in [0.15, 0.2) is 0 Å². The van der Waals surface area contributed by atoms with Crippen molar-refractivity contribution in [1.29, 1.82) is 0 Å². The van der Waals surface area contributed by atoms with E-state index < -0.39 is 0 Å². The summed E-state index contributed by atoms with van der Waals surface area (Å²) in [6.07, 6.45) is 5.51. The molecule has 0 radical (unpaired) electrons. The third kappa shape index (κ3) is 1.75. The third-order valence-electron chi connectivity index (χ3n) is 4.48. The number of nitrogens with two attached hydrogens (primary N) is 1. The van der Waals surface area contributed by atoms with E-state index in [9.17, 15) is 4.79 Å². The van der Waals surface area contributed by atoms with E-state index in [0.717, 1.165) is 25.8 Å². The first-order valence-electron chi connectivity index (χ1n) is 6.62. The van der Waals surface area contributed by atoms with Gasteiger partial charge in [-0.2, -0.15) is 0 Å². The van der Waals surface area contributed by atoms with Gasteiger partial charge in [0.05, 0.1) is 5.41 Å². The topological polar surface area (TPSA) is 46.3 Å². The fraction of sp³-hybridized carbons (Fsp3) is 0.923. The molecule has 0 aromatic heterocycles. The molecule has 0 aromatic carbocycles. The van der Waals surface area contributed by atoms with Crippen LogP contribution in [0.1, 0.15) is 46.0 Å². The van der Waals surface area contributed by atoms with Gasteiger partial charge >= 0.3 is 0 Å². The van der Waals surface area contributed by atoms with Crippen LogP contribution in [0.4, 0.5) is 0 Å². The fourth-order valence-corrected chi connectivity index (χ4v) is 3.15. The molecule has 1 saturated heterocycles. The Morgan fingerprint density at radius 2 is 2.12 bits per heavy atom. The Kier molecular flexibility index (Phi) is 3.24. The lowest BCUT2D eigenvalue weighted by Crippen LogP contribution is -2.53. The molecular weight excluding hydrogens is 200 g/mol. The van der Waals surface area contributed by atoms with Crippen LogP contribution in [-0.2, 0) is 4.79 Å². The van der Waals surface area contributed by atoms with Crippen molar-refractivity contribution in [2.75, 3.05) is 13.1 Å². The van der Waals surface area contributed by atoms with Crippen LogP contribution in [0.3, 0.4) is 0 Å². The number of amides is 1. The van der Waals surface area contributed by atoms with Gasteiger partial charge in [0.2, 0.25) is 5.91 Å². The minimum atomic E-state index is -0.183. The Morgan fingerprint density at radius 1 is 1.44 bits per heavy atom. The van der Waals surface area contributed by atoms with Gasteiger partial charge in [-0.1, -0.05) is 20.3 Å². The second kappa shape index (κ2) is 4.36. The molecule has 0 aromatic rings. The smallest absolute Gasteiger partial charge is 0.230 e. The van der Waals surface area contributed by atoms with Gasteiger partial charge in [-0.05, 0) is 31.6 Å². The van der Waals surface area contributed by atoms with E-state index in [4.69, 9.17) is 5.73 Å². The molecular formula is C13H24N2O. The number of carbonyl (C=O) groups excluding carboxylic acids is 1. The van der Waals surface area contributed by atoms with E-state index in [2.05, 4.69) is 18.7 Å². The molecule has 1 aliphatic heterocycles. The van der Waals surface area contributed by atoms with Crippen molar-refractivity contribution in [3.05, 3.63) is 0 Å². The average molecular weight is 224 g/mol. The highest BCUT2D eigenvalue weighted by molar-refractivity contribution is 5.84. The maximum Gasteiger partial charge on any atom is 0.230 e. The van der Waals surface area contributed by atoms with Gasteiger partial charge in [-0.25, -0.2) is 0 Å². The lowest BCUT2D eigenvalue weighted by molar-refractivity contribution is -0.148. The maximum atomic E-state index is 12.5. The van der Waals surface area contributed by atoms with Gasteiger partial charge in [0.1, 0.15) is 0 Å². The molecule has 92 valence electrons. The monoisotopic (exact) mass is 224 g/mol. The van der Waals surface area contributed by atoms with Crippen molar-refractivity contribution >= 4 is 5.91 Å². The van der Waals surface area contributed by atoms with Gasteiger partial charge < -0.3 is 10.6 Å². The van der Waals surface area contributed by atoms with Crippen molar-refractivity contribution in [1.82, 2.24) is 4.90 Å². The van der Waals surface area contributed by atoms with Crippen LogP contribution in [0.25, 0.3) is 0 Å². The molecule has 2 aliphatic rings. The molecule has 2 fully saturated rings. The molecule has 1 saturated carbocycles. The number of hydrogen-bond donors (Lipinski definition) is 1. The molecule has 1 unspecified atom stereocenters. The molecule has 1 aliphatic carbocycles. The molecule has 16 heavy (non-hydrogen) atoms. The Morgan fingerprint density at radius 3 is 2.56 bits per heavy atom. The number of likely N-dealkylation sites (tertiary alicyclic amines) is 1. The van der Waals surface area contributed by atoms with Crippen molar-refractivity contribution < 1.29 is 4.79 Å². The predicted octanol–water partition coefficient (Wildman–Crippen LogP) is 1.76. The van der Waals surface area contributed by atoms with Crippen molar-refractivity contribution in [3.8, 4) is 0 Å². The minimum Gasteiger partial charge on any atom is -0.339 e. The van der Waals surface area contributed by atoms with E-state index in [1.54, 1.807) is 0 Å². The molecule has 0 spiro atoms. The SMILES string of the molecule is CC(C)C1CCCN1C(=O)C1(CN)CCC1. The number of nitrogens with zero attached hydrogens (tertiary/aromatic N) is 1. The first kappa shape index (κ1) is 11.9. The van der Waals surface area contributed by atoms with Gasteiger partial charge in [0.15, 0.2) is 0 Å². The molecule has 1 heterocycles. The summed E-state index contributed by atoms with van der Waals surface area (Å²) in [5.74, 6) is 0.916. The summed E-state index contributed by atoms with van der Waals surface area (Å²) in [5, 5.41) is 0. The van der Waals surface area contributed by atoms with Crippen LogP contribution in [-0.4, -0.2) is 29.9 Å². The highest BCUT2D eigenvalue weighted by atomic mass is 16.2. The van der Waals surface area contributed by atoms with E-state index in [0.29, 0.717) is 24.4 Å². The zero-order valence-corrected chi connectivity index (χ0v) is 10.5. The summed E-state index contributed by atoms with van der Waals surface area (Å²) in [7, 11) is 0. The molecule has 2 rings (SSSR count). The summed E-state index contributed by atoms with van der Waals surface area (Å²) in [5.41, 5.74) is 5.63. The Bertz CT molecular complexity index is 266. The van der Waals surface area contributed by atoms with E-state index >= 15 is 0 Å². The number of carbonyl (C=O) groups is 1. The zero-order valence-electron chi connectivity index (χ0n) is 10.5. The zero-order chi connectivity index (χ0) is 11.8. The first-order valence-corrected chi connectivity index (χ1v) is 6.62. The van der Waals surface area contributed by atoms with Crippen molar-refractivity contribution in [2.24, 2.45) is 17.1 Å². The summed E-state index contributed by atoms with van der Waals surface area (Å²) in [6.45, 7) is 5.91. The molecule has 1 atom stereocenters. The number of hydrogen-bond acceptors (Lipinski definition) is 2. The Labute approximate surface area is 98.4 Å². The lowest BCUT2D eigenvalue weighted by Gasteiger charge is -2.44. The molecule has 0 bridgehead atoms. The summed E-state index contributed by atoms with van der Waals surface area (Å²) < 4.78 is 0. The minimum absolute atomic E-state index is 0.183.